The standard InChI is InChI=1S/C9H9Cl2NO2S/c1-6-4-8(12(13)14)7(11)5-9(6)15-3-2-10/h4-5H,2-3H2,1H3. The van der Waals surface area contributed by atoms with E-state index in [1.54, 1.807) is 17.8 Å². The molecule has 1 rings (SSSR count). The number of nitro benzene ring substituents is 1. The summed E-state index contributed by atoms with van der Waals surface area (Å²) < 4.78 is 0. The molecule has 6 heteroatoms. The van der Waals surface area contributed by atoms with Gasteiger partial charge in [-0.3, -0.25) is 10.1 Å². The predicted molar refractivity (Wildman–Crippen MR) is 64.3 cm³/mol. The van der Waals surface area contributed by atoms with Crippen molar-refractivity contribution in [2.24, 2.45) is 0 Å². The van der Waals surface area contributed by atoms with Crippen molar-refractivity contribution in [3.8, 4) is 0 Å². The topological polar surface area (TPSA) is 43.1 Å². The highest BCUT2D eigenvalue weighted by Crippen LogP contribution is 2.32. The van der Waals surface area contributed by atoms with Crippen molar-refractivity contribution in [3.63, 3.8) is 0 Å². The van der Waals surface area contributed by atoms with Gasteiger partial charge < -0.3 is 0 Å². The van der Waals surface area contributed by atoms with Gasteiger partial charge in [0.1, 0.15) is 5.02 Å². The summed E-state index contributed by atoms with van der Waals surface area (Å²) in [4.78, 5) is 11.0. The van der Waals surface area contributed by atoms with Crippen LogP contribution in [0.4, 0.5) is 5.69 Å². The highest BCUT2D eigenvalue weighted by molar-refractivity contribution is 7.99. The summed E-state index contributed by atoms with van der Waals surface area (Å²) >= 11 is 12.9. The van der Waals surface area contributed by atoms with Crippen molar-refractivity contribution < 1.29 is 4.92 Å². The van der Waals surface area contributed by atoms with Gasteiger partial charge in [0, 0.05) is 22.6 Å². The third-order valence-corrected chi connectivity index (χ3v) is 3.65. The molecule has 0 aliphatic carbocycles. The summed E-state index contributed by atoms with van der Waals surface area (Å²) in [6.07, 6.45) is 0. The summed E-state index contributed by atoms with van der Waals surface area (Å²) in [5.41, 5.74) is 0.797. The quantitative estimate of drug-likeness (QED) is 0.359. The number of rotatable bonds is 4. The maximum absolute atomic E-state index is 10.6. The van der Waals surface area contributed by atoms with Gasteiger partial charge in [-0.1, -0.05) is 11.6 Å². The Morgan fingerprint density at radius 2 is 2.20 bits per heavy atom. The Labute approximate surface area is 102 Å². The second-order valence-corrected chi connectivity index (χ2v) is 4.79. The molecule has 0 atom stereocenters. The van der Waals surface area contributed by atoms with Crippen LogP contribution in [0.2, 0.25) is 5.02 Å². The van der Waals surface area contributed by atoms with Crippen molar-refractivity contribution in [1.29, 1.82) is 0 Å². The third kappa shape index (κ3) is 3.26. The Hall–Kier alpha value is -0.450. The van der Waals surface area contributed by atoms with Crippen LogP contribution in [0.5, 0.6) is 0 Å². The average Bonchev–Trinajstić information content (AvgIpc) is 2.18. The van der Waals surface area contributed by atoms with E-state index in [4.69, 9.17) is 23.2 Å². The van der Waals surface area contributed by atoms with E-state index in [1.807, 2.05) is 6.92 Å². The number of alkyl halides is 1. The van der Waals surface area contributed by atoms with Gasteiger partial charge in [0.2, 0.25) is 0 Å². The molecule has 0 heterocycles. The van der Waals surface area contributed by atoms with Gasteiger partial charge >= 0.3 is 0 Å². The van der Waals surface area contributed by atoms with E-state index in [-0.39, 0.29) is 10.7 Å². The first kappa shape index (κ1) is 12.6. The Balaban J connectivity index is 3.02. The van der Waals surface area contributed by atoms with Crippen molar-refractivity contribution in [3.05, 3.63) is 32.8 Å². The maximum atomic E-state index is 10.6. The lowest BCUT2D eigenvalue weighted by Crippen LogP contribution is -1.92. The minimum absolute atomic E-state index is 0.0515. The largest absolute Gasteiger partial charge is 0.288 e. The van der Waals surface area contributed by atoms with Crippen LogP contribution in [0.1, 0.15) is 5.56 Å². The number of hydrogen-bond donors (Lipinski definition) is 0. The number of nitro groups is 1. The minimum atomic E-state index is -0.481. The molecule has 1 aromatic rings. The SMILES string of the molecule is Cc1cc([N+](=O)[O-])c(Cl)cc1SCCCl. The number of thioether (sulfide) groups is 1. The van der Waals surface area contributed by atoms with Crippen LogP contribution in [0.3, 0.4) is 0 Å². The molecule has 0 aliphatic rings. The number of benzene rings is 1. The lowest BCUT2D eigenvalue weighted by Gasteiger charge is -2.05. The van der Waals surface area contributed by atoms with E-state index in [2.05, 4.69) is 0 Å². The molecule has 0 unspecified atom stereocenters. The van der Waals surface area contributed by atoms with Crippen LogP contribution >= 0.6 is 35.0 Å². The summed E-state index contributed by atoms with van der Waals surface area (Å²) in [6, 6.07) is 3.10. The molecule has 0 aliphatic heterocycles. The van der Waals surface area contributed by atoms with E-state index in [1.165, 1.54) is 6.07 Å². The molecule has 0 radical (unpaired) electrons. The fourth-order valence-electron chi connectivity index (χ4n) is 1.09. The molecule has 0 saturated carbocycles. The number of hydrogen-bond acceptors (Lipinski definition) is 3. The van der Waals surface area contributed by atoms with Gasteiger partial charge in [-0.25, -0.2) is 0 Å². The van der Waals surface area contributed by atoms with Crippen LogP contribution < -0.4 is 0 Å². The Bertz CT molecular complexity index is 385. The molecular formula is C9H9Cl2NO2S. The van der Waals surface area contributed by atoms with E-state index >= 15 is 0 Å². The minimum Gasteiger partial charge on any atom is -0.258 e. The van der Waals surface area contributed by atoms with Gasteiger partial charge in [0.25, 0.3) is 5.69 Å². The molecule has 0 bridgehead atoms. The normalized spacial score (nSPS) is 10.3. The lowest BCUT2D eigenvalue weighted by atomic mass is 10.2. The van der Waals surface area contributed by atoms with Crippen LogP contribution in [0.15, 0.2) is 17.0 Å². The Morgan fingerprint density at radius 1 is 1.53 bits per heavy atom. The fourth-order valence-corrected chi connectivity index (χ4v) is 2.41. The first-order valence-electron chi connectivity index (χ1n) is 4.19. The van der Waals surface area contributed by atoms with Gasteiger partial charge in [0.05, 0.1) is 4.92 Å². The Morgan fingerprint density at radius 3 is 2.73 bits per heavy atom. The first-order chi connectivity index (χ1) is 7.06. The zero-order chi connectivity index (χ0) is 11.4. The van der Waals surface area contributed by atoms with Crippen LogP contribution in [-0.2, 0) is 0 Å². The van der Waals surface area contributed by atoms with E-state index in [0.29, 0.717) is 5.88 Å². The van der Waals surface area contributed by atoms with Gasteiger partial charge in [-0.2, -0.15) is 0 Å². The molecule has 1 aromatic carbocycles. The number of aryl methyl sites for hydroxylation is 1. The molecule has 82 valence electrons. The fraction of sp³-hybridized carbons (Fsp3) is 0.333. The smallest absolute Gasteiger partial charge is 0.258 e. The predicted octanol–water partition coefficient (Wildman–Crippen LogP) is 3.89. The lowest BCUT2D eigenvalue weighted by molar-refractivity contribution is -0.384. The molecule has 0 fully saturated rings. The zero-order valence-electron chi connectivity index (χ0n) is 8.00. The van der Waals surface area contributed by atoms with Crippen molar-refractivity contribution >= 4 is 40.7 Å². The molecule has 0 saturated heterocycles. The zero-order valence-corrected chi connectivity index (χ0v) is 10.3. The van der Waals surface area contributed by atoms with Crippen molar-refractivity contribution in [2.75, 3.05) is 11.6 Å². The van der Waals surface area contributed by atoms with E-state index in [9.17, 15) is 10.1 Å². The molecule has 0 amide bonds. The summed E-state index contributed by atoms with van der Waals surface area (Å²) in [6.45, 7) is 1.82. The average molecular weight is 266 g/mol. The van der Waals surface area contributed by atoms with Crippen LogP contribution in [0.25, 0.3) is 0 Å². The second-order valence-electron chi connectivity index (χ2n) is 2.86. The molecular weight excluding hydrogens is 257 g/mol. The van der Waals surface area contributed by atoms with Gasteiger partial charge in [-0.05, 0) is 18.6 Å². The summed E-state index contributed by atoms with van der Waals surface area (Å²) in [5, 5.41) is 10.8. The molecule has 3 nitrogen and oxygen atoms in total. The highest BCUT2D eigenvalue weighted by atomic mass is 35.5. The monoisotopic (exact) mass is 265 g/mol. The van der Waals surface area contributed by atoms with Gasteiger partial charge in [0.15, 0.2) is 0 Å². The summed E-state index contributed by atoms with van der Waals surface area (Å²) in [5.74, 6) is 1.30. The first-order valence-corrected chi connectivity index (χ1v) is 6.09. The van der Waals surface area contributed by atoms with Crippen molar-refractivity contribution in [1.82, 2.24) is 0 Å². The Kier molecular flexibility index (Phi) is 4.70. The second kappa shape index (κ2) is 5.58. The van der Waals surface area contributed by atoms with E-state index < -0.39 is 4.92 Å². The van der Waals surface area contributed by atoms with Crippen LogP contribution in [-0.4, -0.2) is 16.6 Å². The molecule has 0 spiro atoms. The molecule has 15 heavy (non-hydrogen) atoms. The van der Waals surface area contributed by atoms with Gasteiger partial charge in [-0.15, -0.1) is 23.4 Å². The van der Waals surface area contributed by atoms with E-state index in [0.717, 1.165) is 16.2 Å². The van der Waals surface area contributed by atoms with Crippen molar-refractivity contribution in [2.45, 2.75) is 11.8 Å². The number of nitrogens with zero attached hydrogens (tertiary/aromatic N) is 1. The molecule has 0 N–H and O–H groups in total. The summed E-state index contributed by atoms with van der Waals surface area (Å²) in [7, 11) is 0. The number of halogens is 2. The maximum Gasteiger partial charge on any atom is 0.288 e. The molecule has 0 aromatic heterocycles. The third-order valence-electron chi connectivity index (χ3n) is 1.78. The van der Waals surface area contributed by atoms with Crippen LogP contribution in [0, 0.1) is 17.0 Å². The highest BCUT2D eigenvalue weighted by Gasteiger charge is 2.14.